The quantitative estimate of drug-likeness (QED) is 0.610. The van der Waals surface area contributed by atoms with Gasteiger partial charge in [0.2, 0.25) is 0 Å². The average Bonchev–Trinajstić information content (AvgIpc) is 2.21. The second-order valence-corrected chi connectivity index (χ2v) is 2.91. The van der Waals surface area contributed by atoms with Crippen LogP contribution in [0.3, 0.4) is 0 Å². The second-order valence-electron chi connectivity index (χ2n) is 2.91. The maximum atomic E-state index is 4.32. The van der Waals surface area contributed by atoms with Crippen LogP contribution in [0.25, 0.3) is 0 Å². The maximum absolute atomic E-state index is 4.32. The molecule has 1 aromatic heterocycles. The van der Waals surface area contributed by atoms with Crippen molar-refractivity contribution < 1.29 is 0 Å². The minimum absolute atomic E-state index is 0.483. The molecule has 1 aromatic rings. The Labute approximate surface area is 72.5 Å². The van der Waals surface area contributed by atoms with Crippen molar-refractivity contribution in [1.29, 1.82) is 0 Å². The number of rotatable bonds is 1. The minimum Gasteiger partial charge on any atom is -0.261 e. The van der Waals surface area contributed by atoms with Gasteiger partial charge in [0.25, 0.3) is 0 Å². The lowest BCUT2D eigenvalue weighted by molar-refractivity contribution is 0.816. The Hall–Kier alpha value is -1.37. The minimum atomic E-state index is 0.483. The number of allylic oxidation sites excluding steroid dienone is 4. The van der Waals surface area contributed by atoms with Gasteiger partial charge in [-0.2, -0.15) is 0 Å². The highest BCUT2D eigenvalue weighted by molar-refractivity contribution is 5.23. The zero-order chi connectivity index (χ0) is 8.23. The standard InChI is InChI=1S/C11H11N/c1-2-6-10(7-3-1)11-8-4-5-9-12-11/h1-6,8-10H,7H2. The second kappa shape index (κ2) is 3.35. The summed E-state index contributed by atoms with van der Waals surface area (Å²) in [4.78, 5) is 4.32. The van der Waals surface area contributed by atoms with E-state index >= 15 is 0 Å². The smallest absolute Gasteiger partial charge is 0.0475 e. The third kappa shape index (κ3) is 1.45. The molecule has 1 aliphatic carbocycles. The fourth-order valence-electron chi connectivity index (χ4n) is 1.40. The molecule has 60 valence electrons. The van der Waals surface area contributed by atoms with Gasteiger partial charge in [-0.1, -0.05) is 30.4 Å². The van der Waals surface area contributed by atoms with Crippen LogP contribution < -0.4 is 0 Å². The summed E-state index contributed by atoms with van der Waals surface area (Å²) >= 11 is 0. The Morgan fingerprint density at radius 1 is 1.25 bits per heavy atom. The first kappa shape index (κ1) is 7.29. The van der Waals surface area contributed by atoms with Crippen molar-refractivity contribution in [2.75, 3.05) is 0 Å². The fourth-order valence-corrected chi connectivity index (χ4v) is 1.40. The number of hydrogen-bond acceptors (Lipinski definition) is 1. The summed E-state index contributed by atoms with van der Waals surface area (Å²) in [5, 5.41) is 0. The third-order valence-corrected chi connectivity index (χ3v) is 2.05. The van der Waals surface area contributed by atoms with Crippen molar-refractivity contribution >= 4 is 0 Å². The first-order valence-electron chi connectivity index (χ1n) is 4.21. The molecule has 1 aliphatic rings. The van der Waals surface area contributed by atoms with E-state index < -0.39 is 0 Å². The number of aromatic nitrogens is 1. The lowest BCUT2D eigenvalue weighted by atomic mass is 9.97. The molecule has 12 heavy (non-hydrogen) atoms. The van der Waals surface area contributed by atoms with Gasteiger partial charge in [-0.05, 0) is 18.6 Å². The third-order valence-electron chi connectivity index (χ3n) is 2.05. The molecule has 1 heterocycles. The molecule has 0 aliphatic heterocycles. The average molecular weight is 157 g/mol. The molecule has 0 bridgehead atoms. The molecule has 1 nitrogen and oxygen atoms in total. The zero-order valence-corrected chi connectivity index (χ0v) is 6.85. The van der Waals surface area contributed by atoms with E-state index in [1.54, 1.807) is 0 Å². The van der Waals surface area contributed by atoms with Crippen molar-refractivity contribution in [3.8, 4) is 0 Å². The number of pyridine rings is 1. The molecule has 1 heteroatoms. The van der Waals surface area contributed by atoms with Crippen LogP contribution in [0.1, 0.15) is 18.0 Å². The predicted molar refractivity (Wildman–Crippen MR) is 49.9 cm³/mol. The monoisotopic (exact) mass is 157 g/mol. The zero-order valence-electron chi connectivity index (χ0n) is 6.85. The van der Waals surface area contributed by atoms with Crippen LogP contribution in [0, 0.1) is 0 Å². The van der Waals surface area contributed by atoms with Crippen LogP contribution in [0.4, 0.5) is 0 Å². The molecule has 0 N–H and O–H groups in total. The van der Waals surface area contributed by atoms with E-state index in [1.165, 1.54) is 0 Å². The summed E-state index contributed by atoms with van der Waals surface area (Å²) in [5.74, 6) is 0.483. The van der Waals surface area contributed by atoms with Crippen LogP contribution in [0.15, 0.2) is 48.7 Å². The molecular formula is C11H11N. The van der Waals surface area contributed by atoms with Crippen molar-refractivity contribution in [2.24, 2.45) is 0 Å². The summed E-state index contributed by atoms with van der Waals surface area (Å²) < 4.78 is 0. The Bertz CT molecular complexity index is 298. The molecule has 2 rings (SSSR count). The van der Waals surface area contributed by atoms with Crippen molar-refractivity contribution in [1.82, 2.24) is 4.98 Å². The summed E-state index contributed by atoms with van der Waals surface area (Å²) in [6.07, 6.45) is 11.5. The van der Waals surface area contributed by atoms with Gasteiger partial charge in [-0.15, -0.1) is 0 Å². The van der Waals surface area contributed by atoms with Crippen LogP contribution in [-0.2, 0) is 0 Å². The van der Waals surface area contributed by atoms with Crippen LogP contribution >= 0.6 is 0 Å². The first-order valence-corrected chi connectivity index (χ1v) is 4.21. The van der Waals surface area contributed by atoms with E-state index in [0.717, 1.165) is 12.1 Å². The van der Waals surface area contributed by atoms with Gasteiger partial charge in [0.15, 0.2) is 0 Å². The lowest BCUT2D eigenvalue weighted by Gasteiger charge is -2.11. The Balaban J connectivity index is 2.21. The highest BCUT2D eigenvalue weighted by Gasteiger charge is 2.07. The Morgan fingerprint density at radius 2 is 2.25 bits per heavy atom. The van der Waals surface area contributed by atoms with E-state index in [9.17, 15) is 0 Å². The molecule has 0 radical (unpaired) electrons. The number of hydrogen-bond donors (Lipinski definition) is 0. The van der Waals surface area contributed by atoms with E-state index in [-0.39, 0.29) is 0 Å². The molecule has 1 atom stereocenters. The van der Waals surface area contributed by atoms with Crippen LogP contribution in [-0.4, -0.2) is 4.98 Å². The van der Waals surface area contributed by atoms with Gasteiger partial charge in [-0.3, -0.25) is 4.98 Å². The molecule has 0 aromatic carbocycles. The van der Waals surface area contributed by atoms with Gasteiger partial charge in [0, 0.05) is 17.8 Å². The van der Waals surface area contributed by atoms with Crippen LogP contribution in [0.2, 0.25) is 0 Å². The highest BCUT2D eigenvalue weighted by atomic mass is 14.7. The summed E-state index contributed by atoms with van der Waals surface area (Å²) in [6, 6.07) is 6.06. The van der Waals surface area contributed by atoms with E-state index in [0.29, 0.717) is 5.92 Å². The normalized spacial score (nSPS) is 21.2. The van der Waals surface area contributed by atoms with Gasteiger partial charge in [0.05, 0.1) is 0 Å². The molecule has 0 saturated carbocycles. The summed E-state index contributed by atoms with van der Waals surface area (Å²) in [7, 11) is 0. The topological polar surface area (TPSA) is 12.9 Å². The lowest BCUT2D eigenvalue weighted by Crippen LogP contribution is -1.98. The fraction of sp³-hybridized carbons (Fsp3) is 0.182. The molecule has 0 amide bonds. The van der Waals surface area contributed by atoms with E-state index in [2.05, 4.69) is 35.4 Å². The molecule has 0 saturated heterocycles. The SMILES string of the molecule is C1=CCC(c2ccccn2)C=C1. The maximum Gasteiger partial charge on any atom is 0.0475 e. The van der Waals surface area contributed by atoms with E-state index in [4.69, 9.17) is 0 Å². The molecule has 0 fully saturated rings. The first-order chi connectivity index (χ1) is 5.97. The molecule has 0 spiro atoms. The predicted octanol–water partition coefficient (Wildman–Crippen LogP) is 2.68. The summed E-state index contributed by atoms with van der Waals surface area (Å²) in [6.45, 7) is 0. The number of nitrogens with zero attached hydrogens (tertiary/aromatic N) is 1. The van der Waals surface area contributed by atoms with Gasteiger partial charge in [0.1, 0.15) is 0 Å². The molecule has 1 unspecified atom stereocenters. The molecular weight excluding hydrogens is 146 g/mol. The van der Waals surface area contributed by atoms with Gasteiger partial charge in [-0.25, -0.2) is 0 Å². The highest BCUT2D eigenvalue weighted by Crippen LogP contribution is 2.21. The van der Waals surface area contributed by atoms with Crippen molar-refractivity contribution in [2.45, 2.75) is 12.3 Å². The van der Waals surface area contributed by atoms with E-state index in [1.807, 2.05) is 18.3 Å². The van der Waals surface area contributed by atoms with Gasteiger partial charge >= 0.3 is 0 Å². The van der Waals surface area contributed by atoms with Crippen molar-refractivity contribution in [3.63, 3.8) is 0 Å². The Morgan fingerprint density at radius 3 is 2.92 bits per heavy atom. The van der Waals surface area contributed by atoms with Crippen molar-refractivity contribution in [3.05, 3.63) is 54.4 Å². The summed E-state index contributed by atoms with van der Waals surface area (Å²) in [5.41, 5.74) is 1.16. The largest absolute Gasteiger partial charge is 0.261 e. The Kier molecular flexibility index (Phi) is 2.04. The van der Waals surface area contributed by atoms with Crippen LogP contribution in [0.5, 0.6) is 0 Å². The van der Waals surface area contributed by atoms with Gasteiger partial charge < -0.3 is 0 Å².